The van der Waals surface area contributed by atoms with Gasteiger partial charge in [0.05, 0.1) is 0 Å². The molecule has 0 heterocycles. The Morgan fingerprint density at radius 1 is 1.50 bits per heavy atom. The van der Waals surface area contributed by atoms with Crippen molar-refractivity contribution in [2.45, 2.75) is 33.1 Å². The monoisotopic (exact) mass is 141 g/mol. The molecule has 0 aromatic rings. The van der Waals surface area contributed by atoms with E-state index in [0.29, 0.717) is 6.42 Å². The van der Waals surface area contributed by atoms with E-state index in [0.717, 1.165) is 12.8 Å². The molecule has 0 aliphatic carbocycles. The summed E-state index contributed by atoms with van der Waals surface area (Å²) in [6.45, 7) is 4.09. The third-order valence-corrected chi connectivity index (χ3v) is 1.18. The largest absolute Gasteiger partial charge is 0.370 e. The van der Waals surface area contributed by atoms with Crippen molar-refractivity contribution in [3.05, 3.63) is 11.6 Å². The minimum atomic E-state index is -0.206. The van der Waals surface area contributed by atoms with Crippen LogP contribution < -0.4 is 5.73 Å². The lowest BCUT2D eigenvalue weighted by atomic mass is 10.2. The van der Waals surface area contributed by atoms with Crippen LogP contribution in [-0.4, -0.2) is 5.91 Å². The van der Waals surface area contributed by atoms with Crippen LogP contribution in [0.5, 0.6) is 0 Å². The second kappa shape index (κ2) is 5.03. The second-order valence-corrected chi connectivity index (χ2v) is 2.64. The number of hydrogen-bond acceptors (Lipinski definition) is 1. The molecule has 0 bridgehead atoms. The predicted octanol–water partition coefficient (Wildman–Crippen LogP) is 1.61. The van der Waals surface area contributed by atoms with Gasteiger partial charge in [-0.05, 0) is 26.7 Å². The van der Waals surface area contributed by atoms with E-state index in [1.807, 2.05) is 13.8 Å². The van der Waals surface area contributed by atoms with Crippen molar-refractivity contribution < 1.29 is 4.79 Å². The SMILES string of the molecule is CC(C)=CCCCC(N)=O. The van der Waals surface area contributed by atoms with Gasteiger partial charge in [-0.3, -0.25) is 4.79 Å². The molecule has 0 aromatic carbocycles. The van der Waals surface area contributed by atoms with Gasteiger partial charge in [-0.15, -0.1) is 0 Å². The molecular formula is C8H15NO. The fourth-order valence-corrected chi connectivity index (χ4v) is 0.667. The molecule has 2 heteroatoms. The fourth-order valence-electron chi connectivity index (χ4n) is 0.667. The van der Waals surface area contributed by atoms with Gasteiger partial charge in [-0.25, -0.2) is 0 Å². The summed E-state index contributed by atoms with van der Waals surface area (Å²) in [6.07, 6.45) is 4.46. The Labute approximate surface area is 62.1 Å². The number of carbonyl (C=O) groups excluding carboxylic acids is 1. The van der Waals surface area contributed by atoms with E-state index in [9.17, 15) is 4.79 Å². The van der Waals surface area contributed by atoms with Gasteiger partial charge in [0.15, 0.2) is 0 Å². The summed E-state index contributed by atoms with van der Waals surface area (Å²) in [5.74, 6) is -0.206. The van der Waals surface area contributed by atoms with Crippen LogP contribution in [0.2, 0.25) is 0 Å². The van der Waals surface area contributed by atoms with E-state index in [1.54, 1.807) is 0 Å². The molecular weight excluding hydrogens is 126 g/mol. The minimum absolute atomic E-state index is 0.206. The summed E-state index contributed by atoms with van der Waals surface area (Å²) in [6, 6.07) is 0. The number of unbranched alkanes of at least 4 members (excludes halogenated alkanes) is 1. The molecule has 0 unspecified atom stereocenters. The molecule has 0 saturated heterocycles. The highest BCUT2D eigenvalue weighted by Gasteiger charge is 1.90. The molecule has 10 heavy (non-hydrogen) atoms. The average Bonchev–Trinajstić information content (AvgIpc) is 1.79. The van der Waals surface area contributed by atoms with Crippen LogP contribution in [0.4, 0.5) is 0 Å². The van der Waals surface area contributed by atoms with Crippen LogP contribution in [0, 0.1) is 0 Å². The van der Waals surface area contributed by atoms with Gasteiger partial charge in [0.25, 0.3) is 0 Å². The summed E-state index contributed by atoms with van der Waals surface area (Å²) in [5, 5.41) is 0. The lowest BCUT2D eigenvalue weighted by Gasteiger charge is -1.92. The Hall–Kier alpha value is -0.790. The molecule has 0 aliphatic heterocycles. The predicted molar refractivity (Wildman–Crippen MR) is 42.5 cm³/mol. The van der Waals surface area contributed by atoms with E-state index in [4.69, 9.17) is 5.73 Å². The van der Waals surface area contributed by atoms with Gasteiger partial charge < -0.3 is 5.73 Å². The van der Waals surface area contributed by atoms with Crippen molar-refractivity contribution >= 4 is 5.91 Å². The first-order valence-electron chi connectivity index (χ1n) is 3.54. The maximum absolute atomic E-state index is 10.2. The lowest BCUT2D eigenvalue weighted by Crippen LogP contribution is -2.09. The quantitative estimate of drug-likeness (QED) is 0.469. The summed E-state index contributed by atoms with van der Waals surface area (Å²) in [5.41, 5.74) is 6.25. The van der Waals surface area contributed by atoms with Crippen molar-refractivity contribution in [3.63, 3.8) is 0 Å². The molecule has 2 N–H and O–H groups in total. The normalized spacial score (nSPS) is 9.00. The van der Waals surface area contributed by atoms with Crippen molar-refractivity contribution in [1.29, 1.82) is 0 Å². The van der Waals surface area contributed by atoms with Gasteiger partial charge in [-0.1, -0.05) is 11.6 Å². The Kier molecular flexibility index (Phi) is 4.63. The molecule has 0 aromatic heterocycles. The Morgan fingerprint density at radius 3 is 2.50 bits per heavy atom. The van der Waals surface area contributed by atoms with Gasteiger partial charge in [-0.2, -0.15) is 0 Å². The fraction of sp³-hybridized carbons (Fsp3) is 0.625. The zero-order valence-corrected chi connectivity index (χ0v) is 6.68. The molecule has 0 aliphatic rings. The van der Waals surface area contributed by atoms with Gasteiger partial charge >= 0.3 is 0 Å². The maximum Gasteiger partial charge on any atom is 0.217 e. The van der Waals surface area contributed by atoms with Crippen LogP contribution >= 0.6 is 0 Å². The first-order valence-corrected chi connectivity index (χ1v) is 3.54. The van der Waals surface area contributed by atoms with Gasteiger partial charge in [0, 0.05) is 6.42 Å². The van der Waals surface area contributed by atoms with Crippen LogP contribution in [-0.2, 0) is 4.79 Å². The van der Waals surface area contributed by atoms with Crippen LogP contribution in [0.1, 0.15) is 33.1 Å². The molecule has 0 fully saturated rings. The molecule has 2 nitrogen and oxygen atoms in total. The molecule has 0 saturated carbocycles. The van der Waals surface area contributed by atoms with E-state index in [1.165, 1.54) is 5.57 Å². The van der Waals surface area contributed by atoms with Crippen LogP contribution in [0.3, 0.4) is 0 Å². The molecule has 0 radical (unpaired) electrons. The number of primary amides is 1. The van der Waals surface area contributed by atoms with Crippen molar-refractivity contribution in [3.8, 4) is 0 Å². The topological polar surface area (TPSA) is 43.1 Å². The number of rotatable bonds is 4. The lowest BCUT2D eigenvalue weighted by molar-refractivity contribution is -0.118. The molecule has 0 spiro atoms. The zero-order chi connectivity index (χ0) is 7.98. The third-order valence-electron chi connectivity index (χ3n) is 1.18. The summed E-state index contributed by atoms with van der Waals surface area (Å²) >= 11 is 0. The Bertz CT molecular complexity index is 134. The number of carbonyl (C=O) groups is 1. The van der Waals surface area contributed by atoms with Gasteiger partial charge in [0.1, 0.15) is 0 Å². The van der Waals surface area contributed by atoms with E-state index < -0.39 is 0 Å². The molecule has 1 amide bonds. The Balaban J connectivity index is 3.21. The van der Waals surface area contributed by atoms with Crippen molar-refractivity contribution in [1.82, 2.24) is 0 Å². The Morgan fingerprint density at radius 2 is 2.10 bits per heavy atom. The van der Waals surface area contributed by atoms with E-state index >= 15 is 0 Å². The van der Waals surface area contributed by atoms with Crippen LogP contribution in [0.15, 0.2) is 11.6 Å². The van der Waals surface area contributed by atoms with Crippen molar-refractivity contribution in [2.24, 2.45) is 5.73 Å². The van der Waals surface area contributed by atoms with Crippen LogP contribution in [0.25, 0.3) is 0 Å². The highest BCUT2D eigenvalue weighted by atomic mass is 16.1. The number of amides is 1. The first kappa shape index (κ1) is 9.21. The second-order valence-electron chi connectivity index (χ2n) is 2.64. The zero-order valence-electron chi connectivity index (χ0n) is 6.68. The molecule has 0 atom stereocenters. The minimum Gasteiger partial charge on any atom is -0.370 e. The van der Waals surface area contributed by atoms with E-state index in [-0.39, 0.29) is 5.91 Å². The summed E-state index contributed by atoms with van der Waals surface area (Å²) < 4.78 is 0. The standard InChI is InChI=1S/C8H15NO/c1-7(2)5-3-4-6-8(9)10/h5H,3-4,6H2,1-2H3,(H2,9,10). The van der Waals surface area contributed by atoms with E-state index in [2.05, 4.69) is 6.08 Å². The van der Waals surface area contributed by atoms with Gasteiger partial charge in [0.2, 0.25) is 5.91 Å². The number of allylic oxidation sites excluding steroid dienone is 2. The first-order chi connectivity index (χ1) is 4.63. The number of nitrogens with two attached hydrogens (primary N) is 1. The average molecular weight is 141 g/mol. The molecule has 0 rings (SSSR count). The molecule has 58 valence electrons. The summed E-state index contributed by atoms with van der Waals surface area (Å²) in [4.78, 5) is 10.2. The van der Waals surface area contributed by atoms with Crippen molar-refractivity contribution in [2.75, 3.05) is 0 Å². The third kappa shape index (κ3) is 7.21. The maximum atomic E-state index is 10.2. The smallest absolute Gasteiger partial charge is 0.217 e. The number of hydrogen-bond donors (Lipinski definition) is 1. The highest BCUT2D eigenvalue weighted by Crippen LogP contribution is 1.99. The summed E-state index contributed by atoms with van der Waals surface area (Å²) in [7, 11) is 0. The highest BCUT2D eigenvalue weighted by molar-refractivity contribution is 5.73.